The number of ether oxygens (including phenoxy) is 2. The van der Waals surface area contributed by atoms with Crippen LogP contribution in [0.2, 0.25) is 0 Å². The van der Waals surface area contributed by atoms with Gasteiger partial charge in [-0.05, 0) is 17.7 Å². The van der Waals surface area contributed by atoms with Crippen molar-refractivity contribution in [2.45, 2.75) is 12.5 Å². The summed E-state index contributed by atoms with van der Waals surface area (Å²) in [5, 5.41) is 0. The van der Waals surface area contributed by atoms with Gasteiger partial charge in [-0.25, -0.2) is 4.79 Å². The molecule has 0 aromatic carbocycles. The summed E-state index contributed by atoms with van der Waals surface area (Å²) in [6.07, 6.45) is 8.83. The van der Waals surface area contributed by atoms with Gasteiger partial charge in [0.2, 0.25) is 0 Å². The minimum Gasteiger partial charge on any atom is -0.501 e. The number of aromatic nitrogens is 1. The molecular formula is C13H13NO3. The van der Waals surface area contributed by atoms with E-state index in [4.69, 9.17) is 9.47 Å². The van der Waals surface area contributed by atoms with Crippen molar-refractivity contribution in [1.29, 1.82) is 0 Å². The third-order valence-corrected chi connectivity index (χ3v) is 2.40. The molecule has 2 rings (SSSR count). The zero-order valence-electron chi connectivity index (χ0n) is 9.50. The molecule has 0 fully saturated rings. The van der Waals surface area contributed by atoms with Gasteiger partial charge in [0.15, 0.2) is 0 Å². The SMILES string of the molecule is COC1=CC(=O)OC(/C=C/c2cccnc2)C1. The molecule has 1 aromatic rings. The second-order valence-corrected chi connectivity index (χ2v) is 3.64. The van der Waals surface area contributed by atoms with Gasteiger partial charge in [-0.3, -0.25) is 4.98 Å². The molecule has 0 radical (unpaired) electrons. The van der Waals surface area contributed by atoms with E-state index in [1.165, 1.54) is 6.08 Å². The number of nitrogens with zero attached hydrogens (tertiary/aromatic N) is 1. The zero-order chi connectivity index (χ0) is 12.1. The molecule has 0 N–H and O–H groups in total. The normalized spacial score (nSPS) is 19.9. The summed E-state index contributed by atoms with van der Waals surface area (Å²) in [6.45, 7) is 0. The Bertz CT molecular complexity index is 451. The lowest BCUT2D eigenvalue weighted by atomic mass is 10.1. The predicted octanol–water partition coefficient (Wildman–Crippen LogP) is 1.94. The fraction of sp³-hybridized carbons (Fsp3) is 0.231. The molecule has 1 unspecified atom stereocenters. The van der Waals surface area contributed by atoms with E-state index in [2.05, 4.69) is 4.98 Å². The van der Waals surface area contributed by atoms with Crippen LogP contribution in [0.3, 0.4) is 0 Å². The van der Waals surface area contributed by atoms with Crippen LogP contribution in [0.5, 0.6) is 0 Å². The van der Waals surface area contributed by atoms with Crippen molar-refractivity contribution in [2.75, 3.05) is 7.11 Å². The van der Waals surface area contributed by atoms with Gasteiger partial charge in [-0.1, -0.05) is 12.1 Å². The molecule has 1 aromatic heterocycles. The van der Waals surface area contributed by atoms with E-state index in [-0.39, 0.29) is 12.1 Å². The van der Waals surface area contributed by atoms with Crippen LogP contribution >= 0.6 is 0 Å². The number of rotatable bonds is 3. The standard InChI is InChI=1S/C13H13NO3/c1-16-12-7-11(17-13(15)8-12)5-4-10-3-2-6-14-9-10/h2-6,8-9,11H,7H2,1H3/b5-4+. The molecule has 0 amide bonds. The Morgan fingerprint density at radius 1 is 1.59 bits per heavy atom. The molecule has 17 heavy (non-hydrogen) atoms. The highest BCUT2D eigenvalue weighted by atomic mass is 16.5. The van der Waals surface area contributed by atoms with Crippen LogP contribution in [0, 0.1) is 0 Å². The number of cyclic esters (lactones) is 1. The Labute approximate surface area is 99.6 Å². The highest BCUT2D eigenvalue weighted by Crippen LogP contribution is 2.17. The molecule has 0 saturated carbocycles. The maximum absolute atomic E-state index is 11.2. The van der Waals surface area contributed by atoms with Gasteiger partial charge in [-0.2, -0.15) is 0 Å². The van der Waals surface area contributed by atoms with Crippen molar-refractivity contribution in [1.82, 2.24) is 4.98 Å². The molecule has 88 valence electrons. The largest absolute Gasteiger partial charge is 0.501 e. The Balaban J connectivity index is 2.03. The van der Waals surface area contributed by atoms with E-state index in [0.717, 1.165) is 5.56 Å². The second kappa shape index (κ2) is 5.30. The minimum atomic E-state index is -0.367. The molecule has 0 saturated heterocycles. The van der Waals surface area contributed by atoms with Gasteiger partial charge in [0, 0.05) is 18.8 Å². The number of methoxy groups -OCH3 is 1. The first-order chi connectivity index (χ1) is 8.28. The van der Waals surface area contributed by atoms with E-state index in [9.17, 15) is 4.79 Å². The molecule has 0 bridgehead atoms. The fourth-order valence-corrected chi connectivity index (χ4v) is 1.56. The molecule has 4 nitrogen and oxygen atoms in total. The fourth-order valence-electron chi connectivity index (χ4n) is 1.56. The van der Waals surface area contributed by atoms with Crippen molar-refractivity contribution >= 4 is 12.0 Å². The van der Waals surface area contributed by atoms with Crippen LogP contribution in [0.1, 0.15) is 12.0 Å². The summed E-state index contributed by atoms with van der Waals surface area (Å²) in [5.41, 5.74) is 0.970. The Morgan fingerprint density at radius 2 is 2.47 bits per heavy atom. The van der Waals surface area contributed by atoms with Crippen LogP contribution in [0.15, 0.2) is 42.4 Å². The van der Waals surface area contributed by atoms with Crippen molar-refractivity contribution < 1.29 is 14.3 Å². The number of carbonyl (C=O) groups is 1. The highest BCUT2D eigenvalue weighted by Gasteiger charge is 2.19. The number of esters is 1. The van der Waals surface area contributed by atoms with Crippen molar-refractivity contribution in [3.05, 3.63) is 48.0 Å². The van der Waals surface area contributed by atoms with Crippen LogP contribution in [0.25, 0.3) is 6.08 Å². The quantitative estimate of drug-likeness (QED) is 0.746. The van der Waals surface area contributed by atoms with Crippen LogP contribution < -0.4 is 0 Å². The van der Waals surface area contributed by atoms with E-state index in [1.807, 2.05) is 24.3 Å². The molecule has 4 heteroatoms. The number of pyridine rings is 1. The summed E-state index contributed by atoms with van der Waals surface area (Å²) < 4.78 is 10.2. The molecule has 1 atom stereocenters. The summed E-state index contributed by atoms with van der Waals surface area (Å²) in [5.74, 6) is 0.274. The Kier molecular flexibility index (Phi) is 3.55. The second-order valence-electron chi connectivity index (χ2n) is 3.64. The lowest BCUT2D eigenvalue weighted by molar-refractivity contribution is -0.142. The van der Waals surface area contributed by atoms with Gasteiger partial charge in [0.1, 0.15) is 11.9 Å². The van der Waals surface area contributed by atoms with Crippen LogP contribution in [0.4, 0.5) is 0 Å². The zero-order valence-corrected chi connectivity index (χ0v) is 9.50. The maximum atomic E-state index is 11.2. The van der Waals surface area contributed by atoms with E-state index < -0.39 is 0 Å². The van der Waals surface area contributed by atoms with Crippen molar-refractivity contribution in [3.8, 4) is 0 Å². The van der Waals surface area contributed by atoms with Gasteiger partial charge in [0.25, 0.3) is 0 Å². The summed E-state index contributed by atoms with van der Waals surface area (Å²) in [6, 6.07) is 3.79. The van der Waals surface area contributed by atoms with E-state index in [0.29, 0.717) is 12.2 Å². The molecule has 1 aliphatic heterocycles. The Hall–Kier alpha value is -2.10. The summed E-state index contributed by atoms with van der Waals surface area (Å²) in [4.78, 5) is 15.2. The van der Waals surface area contributed by atoms with Gasteiger partial charge >= 0.3 is 5.97 Å². The first kappa shape index (κ1) is 11.4. The molecule has 0 spiro atoms. The minimum absolute atomic E-state index is 0.275. The number of carbonyl (C=O) groups excluding carboxylic acids is 1. The van der Waals surface area contributed by atoms with Crippen LogP contribution in [-0.4, -0.2) is 24.2 Å². The van der Waals surface area contributed by atoms with E-state index >= 15 is 0 Å². The highest BCUT2D eigenvalue weighted by molar-refractivity contribution is 5.83. The third kappa shape index (κ3) is 3.17. The Morgan fingerprint density at radius 3 is 3.18 bits per heavy atom. The molecule has 0 aliphatic carbocycles. The molecule has 2 heterocycles. The summed E-state index contributed by atoms with van der Waals surface area (Å²) in [7, 11) is 1.55. The number of hydrogen-bond acceptors (Lipinski definition) is 4. The van der Waals surface area contributed by atoms with Crippen molar-refractivity contribution in [3.63, 3.8) is 0 Å². The first-order valence-corrected chi connectivity index (χ1v) is 5.31. The molecular weight excluding hydrogens is 218 g/mol. The van der Waals surface area contributed by atoms with Crippen LogP contribution in [-0.2, 0) is 14.3 Å². The predicted molar refractivity (Wildman–Crippen MR) is 62.9 cm³/mol. The molecule has 1 aliphatic rings. The maximum Gasteiger partial charge on any atom is 0.334 e. The first-order valence-electron chi connectivity index (χ1n) is 5.31. The third-order valence-electron chi connectivity index (χ3n) is 2.40. The topological polar surface area (TPSA) is 48.4 Å². The van der Waals surface area contributed by atoms with Crippen molar-refractivity contribution in [2.24, 2.45) is 0 Å². The lowest BCUT2D eigenvalue weighted by Gasteiger charge is -2.19. The van der Waals surface area contributed by atoms with Gasteiger partial charge in [0.05, 0.1) is 13.2 Å². The van der Waals surface area contributed by atoms with Gasteiger partial charge < -0.3 is 9.47 Å². The summed E-state index contributed by atoms with van der Waals surface area (Å²) >= 11 is 0. The monoisotopic (exact) mass is 231 g/mol. The number of hydrogen-bond donors (Lipinski definition) is 0. The van der Waals surface area contributed by atoms with Gasteiger partial charge in [-0.15, -0.1) is 0 Å². The lowest BCUT2D eigenvalue weighted by Crippen LogP contribution is -2.21. The smallest absolute Gasteiger partial charge is 0.334 e. The average molecular weight is 231 g/mol. The van der Waals surface area contributed by atoms with E-state index in [1.54, 1.807) is 19.5 Å². The average Bonchev–Trinajstić information content (AvgIpc) is 2.37.